The summed E-state index contributed by atoms with van der Waals surface area (Å²) in [4.78, 5) is 12.2. The van der Waals surface area contributed by atoms with Crippen LogP contribution in [0.1, 0.15) is 5.56 Å². The van der Waals surface area contributed by atoms with E-state index in [9.17, 15) is 15.0 Å². The maximum atomic E-state index is 12.2. The van der Waals surface area contributed by atoms with E-state index in [1.165, 1.54) is 14.2 Å². The van der Waals surface area contributed by atoms with Gasteiger partial charge in [-0.25, -0.2) is 4.79 Å². The van der Waals surface area contributed by atoms with Gasteiger partial charge >= 0.3 is 5.97 Å². The smallest absolute Gasteiger partial charge is 0.338 e. The first-order chi connectivity index (χ1) is 10.6. The van der Waals surface area contributed by atoms with Crippen LogP contribution in [0.5, 0.6) is 0 Å². The first-order valence-electron chi connectivity index (χ1n) is 6.86. The number of hydrogen-bond donors (Lipinski definition) is 2. The molecule has 5 atom stereocenters. The molecule has 1 aromatic rings. The Balaban J connectivity index is 2.02. The monoisotopic (exact) mass is 312 g/mol. The molecule has 0 unspecified atom stereocenters. The van der Waals surface area contributed by atoms with Crippen molar-refractivity contribution < 1.29 is 34.0 Å². The Morgan fingerprint density at radius 1 is 1.14 bits per heavy atom. The van der Waals surface area contributed by atoms with E-state index in [2.05, 4.69) is 0 Å². The van der Waals surface area contributed by atoms with Gasteiger partial charge in [0.05, 0.1) is 0 Å². The van der Waals surface area contributed by atoms with Crippen molar-refractivity contribution in [2.75, 3.05) is 14.2 Å². The van der Waals surface area contributed by atoms with Crippen LogP contribution in [0.3, 0.4) is 0 Å². The molecule has 7 nitrogen and oxygen atoms in total. The summed E-state index contributed by atoms with van der Waals surface area (Å²) < 4.78 is 20.5. The summed E-state index contributed by atoms with van der Waals surface area (Å²) in [5.41, 5.74) is 0.824. The summed E-state index contributed by atoms with van der Waals surface area (Å²) in [7, 11) is 2.62. The standard InChI is InChI=1S/C15H20O7/c1-19-12-10(16)11(17)15(20-2)22-13(12)14(18)21-8-9-6-4-3-5-7-9/h3-7,10-13,15-17H,8H2,1-2H3/t10-,11-,12+,13+,15+/m1/s1. The molecule has 7 heteroatoms. The van der Waals surface area contributed by atoms with Crippen LogP contribution in [0.15, 0.2) is 30.3 Å². The minimum atomic E-state index is -1.32. The van der Waals surface area contributed by atoms with Gasteiger partial charge in [0.1, 0.15) is 24.9 Å². The van der Waals surface area contributed by atoms with Gasteiger partial charge in [-0.05, 0) is 5.56 Å². The van der Waals surface area contributed by atoms with Gasteiger partial charge in [-0.2, -0.15) is 0 Å². The molecule has 0 amide bonds. The fraction of sp³-hybridized carbons (Fsp3) is 0.533. The lowest BCUT2D eigenvalue weighted by Crippen LogP contribution is -2.61. The molecule has 2 N–H and O–H groups in total. The summed E-state index contributed by atoms with van der Waals surface area (Å²) in [5, 5.41) is 19.8. The normalized spacial score (nSPS) is 31.7. The number of aliphatic hydroxyl groups excluding tert-OH is 2. The average molecular weight is 312 g/mol. The minimum absolute atomic E-state index is 0.0757. The van der Waals surface area contributed by atoms with Gasteiger partial charge in [-0.1, -0.05) is 30.3 Å². The van der Waals surface area contributed by atoms with Gasteiger partial charge in [0.2, 0.25) is 0 Å². The van der Waals surface area contributed by atoms with Crippen LogP contribution in [0.4, 0.5) is 0 Å². The van der Waals surface area contributed by atoms with Gasteiger partial charge in [0, 0.05) is 14.2 Å². The predicted molar refractivity (Wildman–Crippen MR) is 74.7 cm³/mol. The number of esters is 1. The maximum absolute atomic E-state index is 12.2. The first-order valence-corrected chi connectivity index (χ1v) is 6.86. The molecule has 0 saturated carbocycles. The van der Waals surface area contributed by atoms with Crippen molar-refractivity contribution in [1.82, 2.24) is 0 Å². The van der Waals surface area contributed by atoms with Crippen molar-refractivity contribution in [3.63, 3.8) is 0 Å². The minimum Gasteiger partial charge on any atom is -0.459 e. The molecule has 0 radical (unpaired) electrons. The highest BCUT2D eigenvalue weighted by Crippen LogP contribution is 2.24. The number of benzene rings is 1. The van der Waals surface area contributed by atoms with E-state index in [1.54, 1.807) is 0 Å². The highest BCUT2D eigenvalue weighted by atomic mass is 16.7. The second kappa shape index (κ2) is 7.66. The summed E-state index contributed by atoms with van der Waals surface area (Å²) in [6.07, 6.45) is -5.98. The van der Waals surface area contributed by atoms with E-state index in [0.29, 0.717) is 0 Å². The Morgan fingerprint density at radius 3 is 2.41 bits per heavy atom. The van der Waals surface area contributed by atoms with Gasteiger partial charge < -0.3 is 29.2 Å². The van der Waals surface area contributed by atoms with Gasteiger partial charge in [-0.3, -0.25) is 0 Å². The second-order valence-electron chi connectivity index (χ2n) is 4.94. The van der Waals surface area contributed by atoms with Gasteiger partial charge in [0.25, 0.3) is 0 Å². The number of methoxy groups -OCH3 is 2. The van der Waals surface area contributed by atoms with Crippen LogP contribution in [0.2, 0.25) is 0 Å². The van der Waals surface area contributed by atoms with Crippen molar-refractivity contribution >= 4 is 5.97 Å². The maximum Gasteiger partial charge on any atom is 0.338 e. The summed E-state index contributed by atoms with van der Waals surface area (Å²) in [5.74, 6) is -0.691. The number of aliphatic hydroxyl groups is 2. The van der Waals surface area contributed by atoms with E-state index < -0.39 is 36.7 Å². The lowest BCUT2D eigenvalue weighted by atomic mass is 9.98. The average Bonchev–Trinajstić information content (AvgIpc) is 2.55. The lowest BCUT2D eigenvalue weighted by molar-refractivity contribution is -0.292. The number of rotatable bonds is 5. The molecule has 1 aliphatic rings. The summed E-state index contributed by atoms with van der Waals surface area (Å²) >= 11 is 0. The Labute approximate surface area is 128 Å². The SMILES string of the molecule is CO[C@H]1O[C@H](C(=O)OCc2ccccc2)[C@@H](OC)[C@H](O)[C@H]1O. The van der Waals surface area contributed by atoms with E-state index in [1.807, 2.05) is 30.3 Å². The fourth-order valence-electron chi connectivity index (χ4n) is 2.30. The van der Waals surface area contributed by atoms with Crippen LogP contribution in [-0.2, 0) is 30.3 Å². The predicted octanol–water partition coefficient (Wildman–Crippen LogP) is -0.162. The van der Waals surface area contributed by atoms with Crippen LogP contribution in [0, 0.1) is 0 Å². The molecular weight excluding hydrogens is 292 g/mol. The summed E-state index contributed by atoms with van der Waals surface area (Å²) in [6, 6.07) is 9.16. The number of ether oxygens (including phenoxy) is 4. The van der Waals surface area contributed by atoms with E-state index in [-0.39, 0.29) is 6.61 Å². The largest absolute Gasteiger partial charge is 0.459 e. The quantitative estimate of drug-likeness (QED) is 0.729. The van der Waals surface area contributed by atoms with Crippen LogP contribution in [-0.4, -0.2) is 61.1 Å². The van der Waals surface area contributed by atoms with E-state index >= 15 is 0 Å². The van der Waals surface area contributed by atoms with Crippen molar-refractivity contribution in [2.24, 2.45) is 0 Å². The second-order valence-corrected chi connectivity index (χ2v) is 4.94. The molecule has 0 bridgehead atoms. The third-order valence-electron chi connectivity index (χ3n) is 3.51. The van der Waals surface area contributed by atoms with Crippen molar-refractivity contribution in [3.05, 3.63) is 35.9 Å². The topological polar surface area (TPSA) is 94.5 Å². The zero-order valence-electron chi connectivity index (χ0n) is 12.4. The summed E-state index contributed by atoms with van der Waals surface area (Å²) in [6.45, 7) is 0.0757. The van der Waals surface area contributed by atoms with Crippen molar-refractivity contribution in [3.8, 4) is 0 Å². The zero-order valence-corrected chi connectivity index (χ0v) is 12.4. The Morgan fingerprint density at radius 2 is 1.82 bits per heavy atom. The molecule has 1 saturated heterocycles. The fourth-order valence-corrected chi connectivity index (χ4v) is 2.30. The van der Waals surface area contributed by atoms with Crippen molar-refractivity contribution in [2.45, 2.75) is 37.3 Å². The molecule has 1 heterocycles. The third-order valence-corrected chi connectivity index (χ3v) is 3.51. The molecule has 1 aromatic carbocycles. The first kappa shape index (κ1) is 16.9. The van der Waals surface area contributed by atoms with Crippen LogP contribution in [0.25, 0.3) is 0 Å². The van der Waals surface area contributed by atoms with E-state index in [0.717, 1.165) is 5.56 Å². The van der Waals surface area contributed by atoms with Crippen LogP contribution >= 0.6 is 0 Å². The molecule has 22 heavy (non-hydrogen) atoms. The third kappa shape index (κ3) is 3.63. The Hall–Kier alpha value is -1.51. The molecular formula is C15H20O7. The highest BCUT2D eigenvalue weighted by Gasteiger charge is 2.48. The molecule has 1 aliphatic heterocycles. The Kier molecular flexibility index (Phi) is 5.87. The lowest BCUT2D eigenvalue weighted by Gasteiger charge is -2.40. The molecule has 1 fully saturated rings. The van der Waals surface area contributed by atoms with Crippen molar-refractivity contribution in [1.29, 1.82) is 0 Å². The highest BCUT2D eigenvalue weighted by molar-refractivity contribution is 5.75. The number of carbonyl (C=O) groups excluding carboxylic acids is 1. The van der Waals surface area contributed by atoms with Crippen LogP contribution < -0.4 is 0 Å². The molecule has 0 spiro atoms. The molecule has 122 valence electrons. The molecule has 2 rings (SSSR count). The van der Waals surface area contributed by atoms with Gasteiger partial charge in [0.15, 0.2) is 12.4 Å². The van der Waals surface area contributed by atoms with Gasteiger partial charge in [-0.15, -0.1) is 0 Å². The Bertz CT molecular complexity index is 478. The van der Waals surface area contributed by atoms with E-state index in [4.69, 9.17) is 18.9 Å². The number of carbonyl (C=O) groups is 1. The molecule has 0 aromatic heterocycles. The molecule has 0 aliphatic carbocycles. The zero-order chi connectivity index (χ0) is 16.1. The number of hydrogen-bond acceptors (Lipinski definition) is 7.